The van der Waals surface area contributed by atoms with E-state index >= 15 is 0 Å². The molecule has 0 saturated heterocycles. The molecule has 2 aromatic carbocycles. The number of nitro benzene ring substituents is 1. The molecule has 0 spiro atoms. The molecule has 0 saturated carbocycles. The number of nitrogens with one attached hydrogen (secondary N) is 1. The second-order valence-electron chi connectivity index (χ2n) is 6.15. The Morgan fingerprint density at radius 3 is 2.61 bits per heavy atom. The number of ether oxygens (including phenoxy) is 1. The highest BCUT2D eigenvalue weighted by Gasteiger charge is 2.38. The van der Waals surface area contributed by atoms with Crippen molar-refractivity contribution in [2.75, 3.05) is 18.5 Å². The number of non-ortho nitro benzene ring substituents is 1. The molecule has 2 heterocycles. The number of carbonyl (C=O) groups is 4. The van der Waals surface area contributed by atoms with Gasteiger partial charge in [0.2, 0.25) is 0 Å². The van der Waals surface area contributed by atoms with Gasteiger partial charge in [-0.1, -0.05) is 0 Å². The zero-order chi connectivity index (χ0) is 20.0. The fraction of sp³-hybridized carbons (Fsp3) is 0.111. The number of amides is 3. The Hall–Kier alpha value is -4.08. The van der Waals surface area contributed by atoms with Gasteiger partial charge in [-0.05, 0) is 24.3 Å². The molecule has 2 aliphatic heterocycles. The molecular weight excluding hydrogens is 370 g/mol. The number of hydrogen-bond donors (Lipinski definition) is 1. The van der Waals surface area contributed by atoms with E-state index < -0.39 is 29.1 Å². The lowest BCUT2D eigenvalue weighted by atomic mass is 10.1. The third-order valence-electron chi connectivity index (χ3n) is 4.40. The van der Waals surface area contributed by atoms with Crippen molar-refractivity contribution in [1.82, 2.24) is 4.90 Å². The van der Waals surface area contributed by atoms with Crippen LogP contribution in [-0.2, 0) is 4.79 Å². The van der Waals surface area contributed by atoms with Crippen molar-refractivity contribution in [3.8, 4) is 5.75 Å². The first kappa shape index (κ1) is 17.3. The van der Waals surface area contributed by atoms with Crippen LogP contribution < -0.4 is 10.1 Å². The molecule has 0 aromatic heterocycles. The number of imide groups is 1. The van der Waals surface area contributed by atoms with E-state index in [2.05, 4.69) is 5.32 Å². The van der Waals surface area contributed by atoms with Crippen LogP contribution in [-0.4, -0.2) is 46.5 Å². The van der Waals surface area contributed by atoms with E-state index in [0.717, 1.165) is 17.0 Å². The molecule has 0 unspecified atom stereocenters. The van der Waals surface area contributed by atoms with E-state index in [1.807, 2.05) is 0 Å². The SMILES string of the molecule is O=C1COc2ccc(C(=O)CN3C(=O)c4ccc([N+](=O)[O-])cc4C3=O)cc2N1. The van der Waals surface area contributed by atoms with Gasteiger partial charge in [-0.2, -0.15) is 0 Å². The fourth-order valence-electron chi connectivity index (χ4n) is 3.03. The lowest BCUT2D eigenvalue weighted by Crippen LogP contribution is -2.35. The van der Waals surface area contributed by atoms with Crippen molar-refractivity contribution in [2.45, 2.75) is 0 Å². The standard InChI is InChI=1S/C18H11N3O7/c22-14(9-1-4-15-13(5-9)19-16(23)8-28-15)7-20-17(24)11-3-2-10(21(26)27)6-12(11)18(20)25/h1-6H,7-8H2,(H,19,23). The van der Waals surface area contributed by atoms with Crippen LogP contribution in [0.3, 0.4) is 0 Å². The summed E-state index contributed by atoms with van der Waals surface area (Å²) in [6, 6.07) is 7.71. The molecule has 0 atom stereocenters. The molecule has 1 N–H and O–H groups in total. The van der Waals surface area contributed by atoms with Crippen molar-refractivity contribution in [3.63, 3.8) is 0 Å². The van der Waals surface area contributed by atoms with Gasteiger partial charge in [-0.15, -0.1) is 0 Å². The van der Waals surface area contributed by atoms with Crippen LogP contribution in [0.1, 0.15) is 31.1 Å². The Morgan fingerprint density at radius 1 is 1.11 bits per heavy atom. The zero-order valence-corrected chi connectivity index (χ0v) is 14.1. The summed E-state index contributed by atoms with van der Waals surface area (Å²) < 4.78 is 5.21. The molecule has 2 aromatic rings. The van der Waals surface area contributed by atoms with Gasteiger partial charge in [-0.3, -0.25) is 34.2 Å². The number of Topliss-reactive ketones (excluding diaryl/α,β-unsaturated/α-hetero) is 1. The molecule has 0 bridgehead atoms. The number of benzene rings is 2. The Morgan fingerprint density at radius 2 is 1.86 bits per heavy atom. The van der Waals surface area contributed by atoms with Crippen LogP contribution in [0.4, 0.5) is 11.4 Å². The molecule has 0 radical (unpaired) electrons. The summed E-state index contributed by atoms with van der Waals surface area (Å²) in [7, 11) is 0. The summed E-state index contributed by atoms with van der Waals surface area (Å²) >= 11 is 0. The lowest BCUT2D eigenvalue weighted by Gasteiger charge is -2.19. The molecule has 28 heavy (non-hydrogen) atoms. The second-order valence-corrected chi connectivity index (χ2v) is 6.15. The maximum absolute atomic E-state index is 12.6. The van der Waals surface area contributed by atoms with Crippen LogP contribution in [0.2, 0.25) is 0 Å². The number of nitro groups is 1. The smallest absolute Gasteiger partial charge is 0.270 e. The Bertz CT molecular complexity index is 1090. The number of nitrogens with zero attached hydrogens (tertiary/aromatic N) is 2. The van der Waals surface area contributed by atoms with Gasteiger partial charge in [-0.25, -0.2) is 0 Å². The minimum atomic E-state index is -0.772. The van der Waals surface area contributed by atoms with Crippen LogP contribution in [0.5, 0.6) is 5.75 Å². The molecular formula is C18H11N3O7. The maximum Gasteiger partial charge on any atom is 0.270 e. The van der Waals surface area contributed by atoms with E-state index in [1.54, 1.807) is 0 Å². The lowest BCUT2D eigenvalue weighted by molar-refractivity contribution is -0.384. The number of anilines is 1. The van der Waals surface area contributed by atoms with Crippen LogP contribution in [0.25, 0.3) is 0 Å². The molecule has 3 amide bonds. The third kappa shape index (κ3) is 2.76. The van der Waals surface area contributed by atoms with Gasteiger partial charge in [0.05, 0.1) is 28.3 Å². The summed E-state index contributed by atoms with van der Waals surface area (Å²) in [4.78, 5) is 59.8. The Kier molecular flexibility index (Phi) is 3.88. The number of carbonyl (C=O) groups excluding carboxylic acids is 4. The van der Waals surface area contributed by atoms with E-state index in [1.165, 1.54) is 24.3 Å². The number of rotatable bonds is 4. The third-order valence-corrected chi connectivity index (χ3v) is 4.40. The summed E-state index contributed by atoms with van der Waals surface area (Å²) in [5.41, 5.74) is 0.0679. The number of hydrogen-bond acceptors (Lipinski definition) is 7. The Labute approximate surface area is 156 Å². The van der Waals surface area contributed by atoms with Crippen molar-refractivity contribution < 1.29 is 28.8 Å². The van der Waals surface area contributed by atoms with Crippen molar-refractivity contribution in [2.24, 2.45) is 0 Å². The highest BCUT2D eigenvalue weighted by atomic mass is 16.6. The molecule has 0 fully saturated rings. The average Bonchev–Trinajstić information content (AvgIpc) is 2.91. The van der Waals surface area contributed by atoms with E-state index in [-0.39, 0.29) is 34.9 Å². The fourth-order valence-corrected chi connectivity index (χ4v) is 3.03. The zero-order valence-electron chi connectivity index (χ0n) is 14.1. The van der Waals surface area contributed by atoms with Crippen molar-refractivity contribution >= 4 is 34.9 Å². The normalized spacial score (nSPS) is 14.9. The number of ketones is 1. The molecule has 140 valence electrons. The number of fused-ring (bicyclic) bond motifs is 2. The van der Waals surface area contributed by atoms with Gasteiger partial charge < -0.3 is 10.1 Å². The topological polar surface area (TPSA) is 136 Å². The van der Waals surface area contributed by atoms with Gasteiger partial charge in [0.15, 0.2) is 12.4 Å². The van der Waals surface area contributed by atoms with E-state index in [0.29, 0.717) is 11.4 Å². The van der Waals surface area contributed by atoms with Crippen molar-refractivity contribution in [3.05, 3.63) is 63.2 Å². The van der Waals surface area contributed by atoms with E-state index in [9.17, 15) is 29.3 Å². The van der Waals surface area contributed by atoms with Crippen LogP contribution >= 0.6 is 0 Å². The van der Waals surface area contributed by atoms with Gasteiger partial charge in [0, 0.05) is 17.7 Å². The van der Waals surface area contributed by atoms with Gasteiger partial charge in [0.1, 0.15) is 5.75 Å². The first-order valence-corrected chi connectivity index (χ1v) is 8.09. The molecule has 0 aliphatic carbocycles. The highest BCUT2D eigenvalue weighted by molar-refractivity contribution is 6.23. The predicted molar refractivity (Wildman–Crippen MR) is 93.4 cm³/mol. The highest BCUT2D eigenvalue weighted by Crippen LogP contribution is 2.30. The van der Waals surface area contributed by atoms with Gasteiger partial charge >= 0.3 is 0 Å². The Balaban J connectivity index is 1.58. The van der Waals surface area contributed by atoms with Gasteiger partial charge in [0.25, 0.3) is 23.4 Å². The second kappa shape index (κ2) is 6.27. The summed E-state index contributed by atoms with van der Waals surface area (Å²) in [5, 5.41) is 13.4. The molecule has 4 rings (SSSR count). The first-order chi connectivity index (χ1) is 13.3. The summed E-state index contributed by atoms with van der Waals surface area (Å²) in [6.07, 6.45) is 0. The van der Waals surface area contributed by atoms with E-state index in [4.69, 9.17) is 4.74 Å². The predicted octanol–water partition coefficient (Wildman–Crippen LogP) is 1.40. The molecule has 2 aliphatic rings. The summed E-state index contributed by atoms with van der Waals surface area (Å²) in [6.45, 7) is -0.658. The van der Waals surface area contributed by atoms with Crippen molar-refractivity contribution in [1.29, 1.82) is 0 Å². The minimum absolute atomic E-state index is 0.00880. The summed E-state index contributed by atoms with van der Waals surface area (Å²) in [5.74, 6) is -1.96. The largest absolute Gasteiger partial charge is 0.482 e. The minimum Gasteiger partial charge on any atom is -0.482 e. The molecule has 10 heteroatoms. The quantitative estimate of drug-likeness (QED) is 0.366. The molecule has 10 nitrogen and oxygen atoms in total. The van der Waals surface area contributed by atoms with Crippen LogP contribution in [0.15, 0.2) is 36.4 Å². The van der Waals surface area contributed by atoms with Crippen LogP contribution in [0, 0.1) is 10.1 Å². The average molecular weight is 381 g/mol. The maximum atomic E-state index is 12.6. The first-order valence-electron chi connectivity index (χ1n) is 8.09. The monoisotopic (exact) mass is 381 g/mol.